The van der Waals surface area contributed by atoms with Crippen molar-refractivity contribution in [3.05, 3.63) is 35.4 Å². The van der Waals surface area contributed by atoms with Gasteiger partial charge in [-0.1, -0.05) is 64.3 Å². The summed E-state index contributed by atoms with van der Waals surface area (Å²) in [6.07, 6.45) is 8.70. The Morgan fingerprint density at radius 2 is 1.71 bits per heavy atom. The summed E-state index contributed by atoms with van der Waals surface area (Å²) in [6, 6.07) is 8.29. The number of unbranched alkanes of at least 4 members (excludes halogenated alkanes) is 1. The lowest BCUT2D eigenvalue weighted by atomic mass is 9.77. The molecule has 2 rings (SSSR count). The van der Waals surface area contributed by atoms with E-state index in [0.29, 0.717) is 11.7 Å². The van der Waals surface area contributed by atoms with Gasteiger partial charge in [0.15, 0.2) is 5.78 Å². The van der Waals surface area contributed by atoms with Gasteiger partial charge in [-0.25, -0.2) is 0 Å². The first-order valence-electron chi connectivity index (χ1n) is 8.76. The molecular formula is C20H30O. The van der Waals surface area contributed by atoms with Crippen LogP contribution >= 0.6 is 0 Å². The second-order valence-corrected chi connectivity index (χ2v) is 7.00. The van der Waals surface area contributed by atoms with E-state index in [0.717, 1.165) is 24.3 Å². The molecule has 0 saturated heterocycles. The van der Waals surface area contributed by atoms with Crippen molar-refractivity contribution >= 4 is 5.78 Å². The Balaban J connectivity index is 1.89. The van der Waals surface area contributed by atoms with Crippen LogP contribution < -0.4 is 0 Å². The number of Topliss-reactive ketones (excluding diaryl/α,β-unsaturated/α-hetero) is 1. The first-order valence-corrected chi connectivity index (χ1v) is 8.76. The summed E-state index contributed by atoms with van der Waals surface area (Å²) in [5, 5.41) is 0. The molecule has 0 aliphatic heterocycles. The summed E-state index contributed by atoms with van der Waals surface area (Å²) < 4.78 is 0. The van der Waals surface area contributed by atoms with Gasteiger partial charge in [-0.05, 0) is 43.1 Å². The highest BCUT2D eigenvalue weighted by Gasteiger charge is 2.26. The van der Waals surface area contributed by atoms with Crippen molar-refractivity contribution in [1.29, 1.82) is 0 Å². The van der Waals surface area contributed by atoms with E-state index < -0.39 is 0 Å². The van der Waals surface area contributed by atoms with Crippen LogP contribution in [0.4, 0.5) is 0 Å². The molecule has 0 N–H and O–H groups in total. The zero-order valence-electron chi connectivity index (χ0n) is 13.9. The summed E-state index contributed by atoms with van der Waals surface area (Å²) in [5.41, 5.74) is 2.23. The van der Waals surface area contributed by atoms with Crippen molar-refractivity contribution in [3.63, 3.8) is 0 Å². The van der Waals surface area contributed by atoms with Gasteiger partial charge in [-0.2, -0.15) is 0 Å². The fourth-order valence-corrected chi connectivity index (χ4v) is 3.47. The molecule has 0 spiro atoms. The van der Waals surface area contributed by atoms with E-state index in [9.17, 15) is 4.79 Å². The average molecular weight is 286 g/mol. The molecule has 1 aliphatic carbocycles. The lowest BCUT2D eigenvalue weighted by molar-refractivity contribution is 0.0869. The number of hydrogen-bond donors (Lipinski definition) is 0. The molecule has 1 saturated carbocycles. The molecule has 0 amide bonds. The number of ketones is 1. The van der Waals surface area contributed by atoms with Crippen molar-refractivity contribution in [1.82, 2.24) is 0 Å². The summed E-state index contributed by atoms with van der Waals surface area (Å²) >= 11 is 0. The maximum absolute atomic E-state index is 12.6. The fourth-order valence-electron chi connectivity index (χ4n) is 3.47. The van der Waals surface area contributed by atoms with Gasteiger partial charge >= 0.3 is 0 Å². The van der Waals surface area contributed by atoms with E-state index in [1.54, 1.807) is 0 Å². The molecule has 21 heavy (non-hydrogen) atoms. The first kappa shape index (κ1) is 16.3. The van der Waals surface area contributed by atoms with Crippen LogP contribution in [0.15, 0.2) is 24.3 Å². The third-order valence-corrected chi connectivity index (χ3v) is 5.05. The van der Waals surface area contributed by atoms with E-state index in [-0.39, 0.29) is 5.92 Å². The summed E-state index contributed by atoms with van der Waals surface area (Å²) in [5.74, 6) is 2.05. The van der Waals surface area contributed by atoms with Crippen LogP contribution in [-0.2, 0) is 0 Å². The van der Waals surface area contributed by atoms with Crippen molar-refractivity contribution in [2.24, 2.45) is 11.8 Å². The minimum atomic E-state index is 0.271. The standard InChI is InChI=1S/C20H30O/c1-4-5-6-16-7-9-18(10-8-16)20(21)19-13-11-17(12-14-19)15(2)3/h11-16,18H,4-10H2,1-3H3. The monoisotopic (exact) mass is 286 g/mol. The van der Waals surface area contributed by atoms with Crippen LogP contribution in [0, 0.1) is 11.8 Å². The first-order chi connectivity index (χ1) is 10.1. The van der Waals surface area contributed by atoms with Crippen LogP contribution in [0.25, 0.3) is 0 Å². The largest absolute Gasteiger partial charge is 0.294 e. The molecular weight excluding hydrogens is 256 g/mol. The minimum absolute atomic E-state index is 0.271. The SMILES string of the molecule is CCCCC1CCC(C(=O)c2ccc(C(C)C)cc2)CC1. The van der Waals surface area contributed by atoms with Crippen LogP contribution in [0.3, 0.4) is 0 Å². The van der Waals surface area contributed by atoms with E-state index in [4.69, 9.17) is 0 Å². The van der Waals surface area contributed by atoms with Gasteiger partial charge in [-0.15, -0.1) is 0 Å². The van der Waals surface area contributed by atoms with Gasteiger partial charge in [0.1, 0.15) is 0 Å². The molecule has 0 atom stereocenters. The lowest BCUT2D eigenvalue weighted by Crippen LogP contribution is -2.22. The Bertz CT molecular complexity index is 435. The lowest BCUT2D eigenvalue weighted by Gasteiger charge is -2.27. The second-order valence-electron chi connectivity index (χ2n) is 7.00. The zero-order chi connectivity index (χ0) is 15.2. The molecule has 116 valence electrons. The predicted octanol–water partition coefficient (Wildman–Crippen LogP) is 5.99. The summed E-state index contributed by atoms with van der Waals surface area (Å²) in [6.45, 7) is 6.64. The van der Waals surface area contributed by atoms with Crippen LogP contribution in [0.5, 0.6) is 0 Å². The number of hydrogen-bond acceptors (Lipinski definition) is 1. The maximum Gasteiger partial charge on any atom is 0.165 e. The Morgan fingerprint density at radius 3 is 2.24 bits per heavy atom. The number of benzene rings is 1. The van der Waals surface area contributed by atoms with Crippen molar-refractivity contribution in [2.45, 2.75) is 71.6 Å². The van der Waals surface area contributed by atoms with Gasteiger partial charge in [-0.3, -0.25) is 4.79 Å². The molecule has 0 unspecified atom stereocenters. The van der Waals surface area contributed by atoms with Gasteiger partial charge in [0, 0.05) is 11.5 Å². The highest BCUT2D eigenvalue weighted by atomic mass is 16.1. The summed E-state index contributed by atoms with van der Waals surface area (Å²) in [7, 11) is 0. The predicted molar refractivity (Wildman–Crippen MR) is 89.8 cm³/mol. The Hall–Kier alpha value is -1.11. The normalized spacial score (nSPS) is 22.5. The molecule has 1 heteroatoms. The van der Waals surface area contributed by atoms with E-state index >= 15 is 0 Å². The maximum atomic E-state index is 12.6. The third kappa shape index (κ3) is 4.43. The topological polar surface area (TPSA) is 17.1 Å². The van der Waals surface area contributed by atoms with Gasteiger partial charge in [0.05, 0.1) is 0 Å². The van der Waals surface area contributed by atoms with Crippen molar-refractivity contribution in [3.8, 4) is 0 Å². The minimum Gasteiger partial charge on any atom is -0.294 e. The molecule has 0 bridgehead atoms. The average Bonchev–Trinajstić information content (AvgIpc) is 2.53. The Kier molecular flexibility index (Phi) is 6.02. The second kappa shape index (κ2) is 7.77. The Labute approximate surface area is 130 Å². The van der Waals surface area contributed by atoms with Crippen molar-refractivity contribution < 1.29 is 4.79 Å². The van der Waals surface area contributed by atoms with Gasteiger partial charge < -0.3 is 0 Å². The smallest absolute Gasteiger partial charge is 0.165 e. The van der Waals surface area contributed by atoms with Gasteiger partial charge in [0.2, 0.25) is 0 Å². The third-order valence-electron chi connectivity index (χ3n) is 5.05. The van der Waals surface area contributed by atoms with E-state index in [2.05, 4.69) is 32.9 Å². The molecule has 0 heterocycles. The highest BCUT2D eigenvalue weighted by Crippen LogP contribution is 2.33. The zero-order valence-corrected chi connectivity index (χ0v) is 13.9. The quantitative estimate of drug-likeness (QED) is 0.587. The number of carbonyl (C=O) groups is 1. The van der Waals surface area contributed by atoms with Crippen LogP contribution in [-0.4, -0.2) is 5.78 Å². The molecule has 1 aliphatic rings. The number of carbonyl (C=O) groups excluding carboxylic acids is 1. The van der Waals surface area contributed by atoms with Crippen molar-refractivity contribution in [2.75, 3.05) is 0 Å². The van der Waals surface area contributed by atoms with E-state index in [1.165, 1.54) is 37.7 Å². The number of rotatable bonds is 6. The molecule has 0 radical (unpaired) electrons. The molecule has 1 nitrogen and oxygen atoms in total. The van der Waals surface area contributed by atoms with Crippen LogP contribution in [0.1, 0.15) is 87.6 Å². The molecule has 1 fully saturated rings. The van der Waals surface area contributed by atoms with Crippen LogP contribution in [0.2, 0.25) is 0 Å². The Morgan fingerprint density at radius 1 is 1.10 bits per heavy atom. The highest BCUT2D eigenvalue weighted by molar-refractivity contribution is 5.97. The van der Waals surface area contributed by atoms with E-state index in [1.807, 2.05) is 12.1 Å². The fraction of sp³-hybridized carbons (Fsp3) is 0.650. The van der Waals surface area contributed by atoms with Gasteiger partial charge in [0.25, 0.3) is 0 Å². The molecule has 1 aromatic carbocycles. The molecule has 1 aromatic rings. The molecule has 0 aromatic heterocycles. The summed E-state index contributed by atoms with van der Waals surface area (Å²) in [4.78, 5) is 12.6.